The molecule has 0 aromatic carbocycles. The predicted molar refractivity (Wildman–Crippen MR) is 76.5 cm³/mol. The largest absolute Gasteiger partial charge is 0.403 e. The average Bonchev–Trinajstić information content (AvgIpc) is 2.93. The summed E-state index contributed by atoms with van der Waals surface area (Å²) in [6, 6.07) is 0.210. The van der Waals surface area contributed by atoms with Crippen LogP contribution < -0.4 is 5.73 Å². The van der Waals surface area contributed by atoms with Gasteiger partial charge in [-0.2, -0.15) is 0 Å². The van der Waals surface area contributed by atoms with E-state index >= 15 is 0 Å². The first-order valence-electron chi connectivity index (χ1n) is 6.83. The third-order valence-electron chi connectivity index (χ3n) is 4.06. The molecule has 0 amide bonds. The standard InChI is InChI=1S/C13H22N6/c1-2-10-12(16)18(8-15)11(7-14)13(17)19(10)9-5-3-4-6-9/h7-10,15-17H,2-6,14H2,1H3/b11-7+,15-8?,16-12?,17-13?/t10-/m1/s1. The Labute approximate surface area is 113 Å². The maximum atomic E-state index is 8.36. The second kappa shape index (κ2) is 5.42. The van der Waals surface area contributed by atoms with Gasteiger partial charge in [0.1, 0.15) is 17.4 Å². The molecule has 0 aromatic heterocycles. The van der Waals surface area contributed by atoms with Gasteiger partial charge in [0.05, 0.1) is 12.4 Å². The lowest BCUT2D eigenvalue weighted by Crippen LogP contribution is -2.60. The van der Waals surface area contributed by atoms with Crippen LogP contribution in [0.2, 0.25) is 0 Å². The van der Waals surface area contributed by atoms with Crippen LogP contribution >= 0.6 is 0 Å². The van der Waals surface area contributed by atoms with Crippen LogP contribution in [0.3, 0.4) is 0 Å². The molecule has 1 saturated heterocycles. The van der Waals surface area contributed by atoms with Gasteiger partial charge in [-0.15, -0.1) is 0 Å². The van der Waals surface area contributed by atoms with Crippen molar-refractivity contribution in [3.05, 3.63) is 11.9 Å². The van der Waals surface area contributed by atoms with E-state index in [9.17, 15) is 0 Å². The zero-order valence-electron chi connectivity index (χ0n) is 11.3. The molecule has 1 saturated carbocycles. The minimum absolute atomic E-state index is 0.124. The summed E-state index contributed by atoms with van der Waals surface area (Å²) in [7, 11) is 0. The van der Waals surface area contributed by atoms with E-state index in [0.29, 0.717) is 23.4 Å². The Morgan fingerprint density at radius 3 is 2.42 bits per heavy atom. The second-order valence-electron chi connectivity index (χ2n) is 5.05. The topological polar surface area (TPSA) is 104 Å². The van der Waals surface area contributed by atoms with Crippen molar-refractivity contribution in [1.82, 2.24) is 9.80 Å². The molecule has 2 aliphatic rings. The van der Waals surface area contributed by atoms with Crippen LogP contribution in [0, 0.1) is 16.2 Å². The number of hydrogen-bond acceptors (Lipinski definition) is 4. The number of amidine groups is 2. The number of hydrogen-bond donors (Lipinski definition) is 4. The fraction of sp³-hybridized carbons (Fsp3) is 0.615. The van der Waals surface area contributed by atoms with E-state index in [2.05, 4.69) is 0 Å². The van der Waals surface area contributed by atoms with Crippen molar-refractivity contribution < 1.29 is 0 Å². The maximum Gasteiger partial charge on any atom is 0.147 e. The van der Waals surface area contributed by atoms with Crippen LogP contribution in [0.1, 0.15) is 39.0 Å². The Balaban J connectivity index is 2.38. The Morgan fingerprint density at radius 1 is 1.32 bits per heavy atom. The molecule has 1 aliphatic carbocycles. The molecule has 0 bridgehead atoms. The molecule has 0 aromatic rings. The molecule has 2 fully saturated rings. The van der Waals surface area contributed by atoms with E-state index in [1.54, 1.807) is 0 Å². The minimum Gasteiger partial charge on any atom is -0.403 e. The van der Waals surface area contributed by atoms with E-state index in [-0.39, 0.29) is 6.04 Å². The molecular weight excluding hydrogens is 240 g/mol. The fourth-order valence-electron chi connectivity index (χ4n) is 3.13. The van der Waals surface area contributed by atoms with Crippen LogP contribution in [0.4, 0.5) is 0 Å². The Morgan fingerprint density at radius 2 is 1.95 bits per heavy atom. The predicted octanol–water partition coefficient (Wildman–Crippen LogP) is 1.69. The molecule has 2 rings (SSSR count). The van der Waals surface area contributed by atoms with Gasteiger partial charge in [-0.05, 0) is 19.3 Å². The first-order chi connectivity index (χ1) is 9.15. The summed E-state index contributed by atoms with van der Waals surface area (Å²) in [4.78, 5) is 3.44. The van der Waals surface area contributed by atoms with Crippen molar-refractivity contribution in [2.75, 3.05) is 0 Å². The highest BCUT2D eigenvalue weighted by Gasteiger charge is 2.40. The lowest BCUT2D eigenvalue weighted by atomic mass is 10.0. The molecule has 5 N–H and O–H groups in total. The normalized spacial score (nSPS) is 27.4. The molecule has 0 unspecified atom stereocenters. The van der Waals surface area contributed by atoms with Gasteiger partial charge in [0.25, 0.3) is 0 Å². The van der Waals surface area contributed by atoms with Crippen molar-refractivity contribution >= 4 is 18.0 Å². The molecule has 19 heavy (non-hydrogen) atoms. The number of nitrogens with zero attached hydrogens (tertiary/aromatic N) is 2. The molecule has 0 spiro atoms. The highest BCUT2D eigenvalue weighted by atomic mass is 15.4. The van der Waals surface area contributed by atoms with Gasteiger partial charge in [-0.3, -0.25) is 21.1 Å². The molecule has 6 heteroatoms. The highest BCUT2D eigenvalue weighted by molar-refractivity contribution is 6.11. The third kappa shape index (κ3) is 2.11. The minimum atomic E-state index is -0.124. The summed E-state index contributed by atoms with van der Waals surface area (Å²) in [6.07, 6.45) is 7.70. The molecular formula is C13H22N6. The van der Waals surface area contributed by atoms with Gasteiger partial charge >= 0.3 is 0 Å². The maximum absolute atomic E-state index is 8.36. The summed E-state index contributed by atoms with van der Waals surface area (Å²) in [6.45, 7) is 2.02. The van der Waals surface area contributed by atoms with Gasteiger partial charge in [0.15, 0.2) is 0 Å². The number of nitrogens with one attached hydrogen (secondary N) is 3. The van der Waals surface area contributed by atoms with Crippen molar-refractivity contribution in [2.24, 2.45) is 5.73 Å². The van der Waals surface area contributed by atoms with Gasteiger partial charge in [-0.25, -0.2) is 0 Å². The van der Waals surface area contributed by atoms with E-state index in [0.717, 1.165) is 25.6 Å². The molecule has 6 nitrogen and oxygen atoms in total. The van der Waals surface area contributed by atoms with Gasteiger partial charge in [0, 0.05) is 12.2 Å². The fourth-order valence-corrected chi connectivity index (χ4v) is 3.13. The van der Waals surface area contributed by atoms with Crippen molar-refractivity contribution in [1.29, 1.82) is 16.2 Å². The van der Waals surface area contributed by atoms with Crippen LogP contribution in [0.5, 0.6) is 0 Å². The second-order valence-corrected chi connectivity index (χ2v) is 5.05. The first kappa shape index (κ1) is 13.6. The summed E-state index contributed by atoms with van der Waals surface area (Å²) in [5, 5.41) is 24.1. The highest BCUT2D eigenvalue weighted by Crippen LogP contribution is 2.31. The first-order valence-corrected chi connectivity index (χ1v) is 6.83. The average molecular weight is 262 g/mol. The molecule has 1 aliphatic heterocycles. The van der Waals surface area contributed by atoms with Crippen LogP contribution in [-0.4, -0.2) is 39.9 Å². The number of nitrogens with two attached hydrogens (primary N) is 1. The molecule has 1 atom stereocenters. The molecule has 104 valence electrons. The Kier molecular flexibility index (Phi) is 3.87. The SMILES string of the molecule is CC[C@@H]1C(=N)N(C=N)/C(=C/N)C(=N)N1C1CCCC1. The number of piperazine rings is 1. The Bertz CT molecular complexity index is 421. The van der Waals surface area contributed by atoms with E-state index in [1.807, 2.05) is 11.8 Å². The zero-order valence-corrected chi connectivity index (χ0v) is 11.3. The zero-order chi connectivity index (χ0) is 14.0. The van der Waals surface area contributed by atoms with Crippen molar-refractivity contribution in [2.45, 2.75) is 51.1 Å². The smallest absolute Gasteiger partial charge is 0.147 e. The number of rotatable bonds is 3. The lowest BCUT2D eigenvalue weighted by molar-refractivity contribution is 0.255. The van der Waals surface area contributed by atoms with E-state index in [4.69, 9.17) is 22.0 Å². The summed E-state index contributed by atoms with van der Waals surface area (Å²) in [5.41, 5.74) is 6.04. The monoisotopic (exact) mass is 262 g/mol. The third-order valence-corrected chi connectivity index (χ3v) is 4.06. The van der Waals surface area contributed by atoms with Gasteiger partial charge in [-0.1, -0.05) is 19.8 Å². The summed E-state index contributed by atoms with van der Waals surface area (Å²) < 4.78 is 0. The quantitative estimate of drug-likeness (QED) is 0.459. The summed E-state index contributed by atoms with van der Waals surface area (Å²) in [5.74, 6) is 0.692. The van der Waals surface area contributed by atoms with Crippen LogP contribution in [0.25, 0.3) is 0 Å². The summed E-state index contributed by atoms with van der Waals surface area (Å²) >= 11 is 0. The van der Waals surface area contributed by atoms with Gasteiger partial charge in [0.2, 0.25) is 0 Å². The van der Waals surface area contributed by atoms with E-state index < -0.39 is 0 Å². The van der Waals surface area contributed by atoms with Crippen LogP contribution in [-0.2, 0) is 0 Å². The van der Waals surface area contributed by atoms with E-state index in [1.165, 1.54) is 23.9 Å². The van der Waals surface area contributed by atoms with Crippen molar-refractivity contribution in [3.8, 4) is 0 Å². The van der Waals surface area contributed by atoms with Gasteiger partial charge < -0.3 is 10.6 Å². The lowest BCUT2D eigenvalue weighted by Gasteiger charge is -2.46. The van der Waals surface area contributed by atoms with Crippen LogP contribution in [0.15, 0.2) is 11.9 Å². The van der Waals surface area contributed by atoms with Crippen molar-refractivity contribution in [3.63, 3.8) is 0 Å². The molecule has 1 heterocycles. The Hall–Kier alpha value is -1.85. The molecule has 0 radical (unpaired) electrons.